The summed E-state index contributed by atoms with van der Waals surface area (Å²) in [5.74, 6) is 0.537. The van der Waals surface area contributed by atoms with Crippen LogP contribution in [0, 0.1) is 12.7 Å². The van der Waals surface area contributed by atoms with Crippen LogP contribution in [-0.2, 0) is 5.41 Å². The average Bonchev–Trinajstić information content (AvgIpc) is 2.38. The van der Waals surface area contributed by atoms with Crippen LogP contribution in [0.15, 0.2) is 18.2 Å². The summed E-state index contributed by atoms with van der Waals surface area (Å²) in [6, 6.07) is 4.74. The summed E-state index contributed by atoms with van der Waals surface area (Å²) in [6.07, 6.45) is 0. The highest BCUT2D eigenvalue weighted by atomic mass is 35.5. The molecule has 0 aliphatic rings. The maximum Gasteiger partial charge on any atom is 0.165 e. The molecule has 1 N–H and O–H groups in total. The molecule has 0 radical (unpaired) electrons. The van der Waals surface area contributed by atoms with Gasteiger partial charge in [-0.1, -0.05) is 50.0 Å². The van der Waals surface area contributed by atoms with Gasteiger partial charge in [-0.15, -0.1) is 0 Å². The zero-order chi connectivity index (χ0) is 15.8. The van der Waals surface area contributed by atoms with Gasteiger partial charge in [0.2, 0.25) is 0 Å². The van der Waals surface area contributed by atoms with E-state index in [2.05, 4.69) is 15.3 Å². The number of aromatic nitrogens is 2. The van der Waals surface area contributed by atoms with Gasteiger partial charge in [0.25, 0.3) is 0 Å². The van der Waals surface area contributed by atoms with Crippen LogP contribution in [0.1, 0.15) is 32.2 Å². The highest BCUT2D eigenvalue weighted by Gasteiger charge is 2.21. The molecule has 0 atom stereocenters. The minimum Gasteiger partial charge on any atom is -0.337 e. The quantitative estimate of drug-likeness (QED) is 0.763. The molecule has 0 saturated heterocycles. The molecule has 6 heteroatoms. The van der Waals surface area contributed by atoms with Gasteiger partial charge in [0, 0.05) is 11.0 Å². The molecule has 0 unspecified atom stereocenters. The standard InChI is InChI=1S/C15H16Cl2FN3/c1-8-12(17)20-14(15(2,3)4)21-13(8)19-10-7-5-6-9(16)11(10)18/h5-7H,1-4H3,(H,19,20,21). The molecule has 1 heterocycles. The highest BCUT2D eigenvalue weighted by molar-refractivity contribution is 6.31. The van der Waals surface area contributed by atoms with Crippen molar-refractivity contribution in [3.8, 4) is 0 Å². The van der Waals surface area contributed by atoms with Gasteiger partial charge in [-0.2, -0.15) is 0 Å². The Hall–Kier alpha value is -1.39. The molecule has 21 heavy (non-hydrogen) atoms. The van der Waals surface area contributed by atoms with E-state index in [-0.39, 0.29) is 16.1 Å². The molecular weight excluding hydrogens is 312 g/mol. The van der Waals surface area contributed by atoms with Gasteiger partial charge >= 0.3 is 0 Å². The summed E-state index contributed by atoms with van der Waals surface area (Å²) in [7, 11) is 0. The lowest BCUT2D eigenvalue weighted by Gasteiger charge is -2.19. The molecule has 0 spiro atoms. The van der Waals surface area contributed by atoms with E-state index in [0.29, 0.717) is 22.4 Å². The highest BCUT2D eigenvalue weighted by Crippen LogP contribution is 2.30. The lowest BCUT2D eigenvalue weighted by Crippen LogP contribution is -2.17. The number of benzene rings is 1. The average molecular weight is 328 g/mol. The van der Waals surface area contributed by atoms with E-state index in [1.165, 1.54) is 6.07 Å². The van der Waals surface area contributed by atoms with E-state index in [1.54, 1.807) is 19.1 Å². The van der Waals surface area contributed by atoms with Crippen LogP contribution < -0.4 is 5.32 Å². The van der Waals surface area contributed by atoms with Crippen LogP contribution in [0.4, 0.5) is 15.9 Å². The predicted molar refractivity (Wildman–Crippen MR) is 85.2 cm³/mol. The second-order valence-electron chi connectivity index (χ2n) is 5.79. The van der Waals surface area contributed by atoms with Crippen LogP contribution >= 0.6 is 23.2 Å². The van der Waals surface area contributed by atoms with Crippen molar-refractivity contribution in [2.45, 2.75) is 33.1 Å². The van der Waals surface area contributed by atoms with Gasteiger partial charge in [-0.3, -0.25) is 0 Å². The number of halogens is 3. The first-order valence-corrected chi connectivity index (χ1v) is 7.21. The fraction of sp³-hybridized carbons (Fsp3) is 0.333. The van der Waals surface area contributed by atoms with Crippen LogP contribution in [0.2, 0.25) is 10.2 Å². The van der Waals surface area contributed by atoms with Gasteiger partial charge in [-0.05, 0) is 19.1 Å². The van der Waals surface area contributed by atoms with E-state index in [4.69, 9.17) is 23.2 Å². The first-order valence-electron chi connectivity index (χ1n) is 6.46. The summed E-state index contributed by atoms with van der Waals surface area (Å²) in [5.41, 5.74) is 0.643. The maximum absolute atomic E-state index is 14.0. The molecule has 2 rings (SSSR count). The van der Waals surface area contributed by atoms with E-state index in [0.717, 1.165) is 0 Å². The Balaban J connectivity index is 2.49. The normalized spacial score (nSPS) is 11.6. The van der Waals surface area contributed by atoms with Crippen molar-refractivity contribution in [2.75, 3.05) is 5.32 Å². The second kappa shape index (κ2) is 5.78. The van der Waals surface area contributed by atoms with Crippen molar-refractivity contribution in [2.24, 2.45) is 0 Å². The zero-order valence-electron chi connectivity index (χ0n) is 12.3. The minimum absolute atomic E-state index is 0.0499. The zero-order valence-corrected chi connectivity index (χ0v) is 13.8. The molecule has 112 valence electrons. The summed E-state index contributed by atoms with van der Waals surface area (Å²) in [6.45, 7) is 7.73. The Kier molecular flexibility index (Phi) is 4.40. The fourth-order valence-electron chi connectivity index (χ4n) is 1.67. The second-order valence-corrected chi connectivity index (χ2v) is 6.55. The van der Waals surface area contributed by atoms with E-state index >= 15 is 0 Å². The molecule has 0 aliphatic carbocycles. The molecule has 1 aromatic heterocycles. The Bertz CT molecular complexity index is 681. The lowest BCUT2D eigenvalue weighted by molar-refractivity contribution is 0.545. The smallest absolute Gasteiger partial charge is 0.165 e. The van der Waals surface area contributed by atoms with E-state index in [9.17, 15) is 4.39 Å². The van der Waals surface area contributed by atoms with Crippen molar-refractivity contribution >= 4 is 34.7 Å². The third-order valence-corrected chi connectivity index (χ3v) is 3.62. The monoisotopic (exact) mass is 327 g/mol. The van der Waals surface area contributed by atoms with Gasteiger partial charge in [0.1, 0.15) is 16.8 Å². The first kappa shape index (κ1) is 16.0. The molecule has 0 bridgehead atoms. The van der Waals surface area contributed by atoms with Gasteiger partial charge < -0.3 is 5.32 Å². The first-order chi connectivity index (χ1) is 9.70. The maximum atomic E-state index is 14.0. The topological polar surface area (TPSA) is 37.8 Å². The molecule has 1 aromatic carbocycles. The summed E-state index contributed by atoms with van der Waals surface area (Å²) in [5, 5.41) is 3.34. The third kappa shape index (κ3) is 3.44. The largest absolute Gasteiger partial charge is 0.337 e. The molecule has 0 aliphatic heterocycles. The Morgan fingerprint density at radius 3 is 2.43 bits per heavy atom. The lowest BCUT2D eigenvalue weighted by atomic mass is 9.95. The molecule has 0 amide bonds. The molecule has 3 nitrogen and oxygen atoms in total. The fourth-order valence-corrected chi connectivity index (χ4v) is 2.02. The van der Waals surface area contributed by atoms with Gasteiger partial charge in [0.15, 0.2) is 5.82 Å². The molecule has 0 saturated carbocycles. The number of nitrogens with zero attached hydrogens (tertiary/aromatic N) is 2. The van der Waals surface area contributed by atoms with E-state index in [1.807, 2.05) is 20.8 Å². The van der Waals surface area contributed by atoms with Crippen molar-refractivity contribution in [1.29, 1.82) is 0 Å². The molecular formula is C15H16Cl2FN3. The summed E-state index contributed by atoms with van der Waals surface area (Å²) < 4.78 is 14.0. The Morgan fingerprint density at radius 1 is 1.14 bits per heavy atom. The van der Waals surface area contributed by atoms with Crippen LogP contribution in [-0.4, -0.2) is 9.97 Å². The van der Waals surface area contributed by atoms with Crippen LogP contribution in [0.3, 0.4) is 0 Å². The van der Waals surface area contributed by atoms with Gasteiger partial charge in [-0.25, -0.2) is 14.4 Å². The van der Waals surface area contributed by atoms with Crippen molar-refractivity contribution < 1.29 is 4.39 Å². The van der Waals surface area contributed by atoms with Gasteiger partial charge in [0.05, 0.1) is 10.7 Å². The summed E-state index contributed by atoms with van der Waals surface area (Å²) >= 11 is 11.9. The van der Waals surface area contributed by atoms with Crippen molar-refractivity contribution in [3.05, 3.63) is 45.6 Å². The van der Waals surface area contributed by atoms with Crippen molar-refractivity contribution in [1.82, 2.24) is 9.97 Å². The minimum atomic E-state index is -0.523. The van der Waals surface area contributed by atoms with Crippen molar-refractivity contribution in [3.63, 3.8) is 0 Å². The van der Waals surface area contributed by atoms with Crippen LogP contribution in [0.25, 0.3) is 0 Å². The van der Waals surface area contributed by atoms with Crippen LogP contribution in [0.5, 0.6) is 0 Å². The number of hydrogen-bond acceptors (Lipinski definition) is 3. The number of anilines is 2. The third-order valence-electron chi connectivity index (χ3n) is 2.96. The number of hydrogen-bond donors (Lipinski definition) is 1. The Morgan fingerprint density at radius 2 is 1.81 bits per heavy atom. The molecule has 0 fully saturated rings. The SMILES string of the molecule is Cc1c(Cl)nc(C(C)(C)C)nc1Nc1cccc(Cl)c1F. The number of nitrogens with one attached hydrogen (secondary N) is 1. The number of rotatable bonds is 2. The Labute approximate surface area is 133 Å². The predicted octanol–water partition coefficient (Wildman–Crippen LogP) is 5.27. The van der Waals surface area contributed by atoms with E-state index < -0.39 is 5.82 Å². The summed E-state index contributed by atoms with van der Waals surface area (Å²) in [4.78, 5) is 8.73. The molecule has 2 aromatic rings.